The summed E-state index contributed by atoms with van der Waals surface area (Å²) in [6.07, 6.45) is 21.3. The fraction of sp³-hybridized carbons (Fsp3) is 0.346. The minimum absolute atomic E-state index is 0. The van der Waals surface area contributed by atoms with Crippen LogP contribution in [0, 0.1) is 29.9 Å². The lowest BCUT2D eigenvalue weighted by Gasteiger charge is -2.19. The molecule has 1 N–H and O–H groups in total. The number of rotatable bonds is 12. The molecule has 0 heterocycles. The van der Waals surface area contributed by atoms with Crippen molar-refractivity contribution in [1.29, 1.82) is 0 Å². The summed E-state index contributed by atoms with van der Waals surface area (Å²) in [6, 6.07) is 21.3. The third kappa shape index (κ3) is 13.9. The molecule has 4 heteroatoms. The van der Waals surface area contributed by atoms with Gasteiger partial charge in [0.15, 0.2) is 0 Å². The summed E-state index contributed by atoms with van der Waals surface area (Å²) >= 11 is 0. The molecule has 56 heavy (non-hydrogen) atoms. The van der Waals surface area contributed by atoms with Crippen molar-refractivity contribution >= 4 is 40.5 Å². The second-order valence-corrected chi connectivity index (χ2v) is 13.7. The molecule has 0 amide bonds. The van der Waals surface area contributed by atoms with Crippen LogP contribution in [0.3, 0.4) is 0 Å². The number of halogens is 2. The van der Waals surface area contributed by atoms with Crippen molar-refractivity contribution in [3.63, 3.8) is 0 Å². The molecule has 0 saturated heterocycles. The lowest BCUT2D eigenvalue weighted by Crippen LogP contribution is -2.24. The van der Waals surface area contributed by atoms with E-state index in [1.807, 2.05) is 39.8 Å². The van der Waals surface area contributed by atoms with Gasteiger partial charge in [0.25, 0.3) is 0 Å². The smallest absolute Gasteiger partial charge is 0.149 e. The maximum absolute atomic E-state index is 13.9. The SMILES string of the molecule is C=C=C(Nc1ccc(C=C)c(F)c1)C1(C(=O)Cc2ccc(F)cc2)CC1.C=Cc1cc2cccc(C)c2cc1C=C.CC.CC.CCCCC1CCC=CCC1.[HH]. The van der Waals surface area contributed by atoms with Gasteiger partial charge in [0, 0.05) is 19.1 Å². The van der Waals surface area contributed by atoms with Crippen LogP contribution in [0.15, 0.2) is 123 Å². The lowest BCUT2D eigenvalue weighted by molar-refractivity contribution is -0.122. The van der Waals surface area contributed by atoms with Gasteiger partial charge in [0.1, 0.15) is 17.4 Å². The highest BCUT2D eigenvalue weighted by molar-refractivity contribution is 5.93. The third-order valence-electron chi connectivity index (χ3n) is 10.1. The Balaban J connectivity index is 0.000000445. The Bertz CT molecular complexity index is 1940. The zero-order valence-corrected chi connectivity index (χ0v) is 35.0. The fourth-order valence-corrected chi connectivity index (χ4v) is 6.69. The first kappa shape index (κ1) is 47.1. The molecule has 6 rings (SSSR count). The predicted octanol–water partition coefficient (Wildman–Crippen LogP) is 15.9. The summed E-state index contributed by atoms with van der Waals surface area (Å²) in [6.45, 7) is 27.3. The number of anilines is 1. The molecule has 2 aliphatic carbocycles. The highest BCUT2D eigenvalue weighted by atomic mass is 19.1. The molecule has 300 valence electrons. The molecule has 4 aromatic rings. The minimum Gasteiger partial charge on any atom is -0.352 e. The summed E-state index contributed by atoms with van der Waals surface area (Å²) in [5, 5.41) is 5.64. The molecular formula is C52H67F2NO. The van der Waals surface area contributed by atoms with Crippen LogP contribution < -0.4 is 5.32 Å². The average Bonchev–Trinajstić information content (AvgIpc) is 4.08. The third-order valence-corrected chi connectivity index (χ3v) is 10.1. The Morgan fingerprint density at radius 1 is 0.857 bits per heavy atom. The van der Waals surface area contributed by atoms with Gasteiger partial charge in [-0.3, -0.25) is 4.79 Å². The zero-order chi connectivity index (χ0) is 41.5. The number of allylic oxidation sites excluding steroid dienone is 3. The van der Waals surface area contributed by atoms with Crippen molar-refractivity contribution < 1.29 is 15.0 Å². The first-order valence-electron chi connectivity index (χ1n) is 20.5. The van der Waals surface area contributed by atoms with Crippen LogP contribution >= 0.6 is 0 Å². The number of carbonyl (C=O) groups is 1. The number of Topliss-reactive ketones (excluding diaryl/α,β-unsaturated/α-hetero) is 1. The van der Waals surface area contributed by atoms with E-state index in [1.165, 1.54) is 85.6 Å². The van der Waals surface area contributed by atoms with Gasteiger partial charge in [0.05, 0.1) is 11.1 Å². The molecule has 4 aromatic carbocycles. The molecule has 0 spiro atoms. The summed E-state index contributed by atoms with van der Waals surface area (Å²) in [5.74, 6) is 0.326. The van der Waals surface area contributed by atoms with Gasteiger partial charge in [-0.15, -0.1) is 5.73 Å². The van der Waals surface area contributed by atoms with E-state index in [4.69, 9.17) is 0 Å². The second kappa shape index (κ2) is 25.2. The van der Waals surface area contributed by atoms with E-state index >= 15 is 0 Å². The van der Waals surface area contributed by atoms with E-state index in [2.05, 4.69) is 93.7 Å². The van der Waals surface area contributed by atoms with Crippen molar-refractivity contribution in [1.82, 2.24) is 0 Å². The normalized spacial score (nSPS) is 13.5. The van der Waals surface area contributed by atoms with Gasteiger partial charge < -0.3 is 5.32 Å². The molecule has 0 radical (unpaired) electrons. The second-order valence-electron chi connectivity index (χ2n) is 13.7. The molecule has 1 fully saturated rings. The van der Waals surface area contributed by atoms with E-state index in [1.54, 1.807) is 24.3 Å². The summed E-state index contributed by atoms with van der Waals surface area (Å²) in [5.41, 5.74) is 7.96. The number of unbranched alkanes of at least 4 members (excludes halogenated alkanes) is 1. The average molecular weight is 760 g/mol. The maximum atomic E-state index is 13.9. The Kier molecular flexibility index (Phi) is 21.2. The number of carbonyl (C=O) groups excluding carboxylic acids is 1. The number of nitrogens with one attached hydrogen (secondary N) is 1. The van der Waals surface area contributed by atoms with Gasteiger partial charge in [-0.2, -0.15) is 0 Å². The quantitative estimate of drug-likeness (QED) is 0.115. The Morgan fingerprint density at radius 2 is 1.46 bits per heavy atom. The largest absolute Gasteiger partial charge is 0.352 e. The molecule has 0 aromatic heterocycles. The molecule has 1 saturated carbocycles. The Hall–Kier alpha value is -5.05. The van der Waals surface area contributed by atoms with Crippen LogP contribution in [-0.4, -0.2) is 5.78 Å². The van der Waals surface area contributed by atoms with Crippen molar-refractivity contribution in [2.24, 2.45) is 11.3 Å². The maximum Gasteiger partial charge on any atom is 0.149 e. The number of aryl methyl sites for hydroxylation is 1. The van der Waals surface area contributed by atoms with Gasteiger partial charge in [-0.1, -0.05) is 147 Å². The van der Waals surface area contributed by atoms with Gasteiger partial charge >= 0.3 is 0 Å². The number of ketones is 1. The van der Waals surface area contributed by atoms with Crippen LogP contribution in [0.1, 0.15) is 122 Å². The number of benzene rings is 4. The van der Waals surface area contributed by atoms with Crippen molar-refractivity contribution in [3.05, 3.63) is 162 Å². The standard InChI is InChI=1S/C22H19F2NO.C15H14.C11H20.2C2H6.H2/c1-3-16-7-10-18(14-19(16)24)25-20(4-2)22(11-12-22)21(26)13-15-5-8-17(23)9-6-15;1-4-12-9-14-8-6-7-11(3)15(14)10-13(12)5-2;1-2-3-8-11-9-6-4-5-7-10-11;2*1-2;/h3,5-10,14,25H,1-2,11-13H2;4-10H,1-2H2,3H3;4-5,11H,2-3,6-10H2,1H3;2*1-2H3;1H. The first-order chi connectivity index (χ1) is 27.2. The van der Waals surface area contributed by atoms with Gasteiger partial charge in [0.2, 0.25) is 0 Å². The van der Waals surface area contributed by atoms with E-state index in [-0.39, 0.29) is 19.4 Å². The van der Waals surface area contributed by atoms with Crippen LogP contribution in [0.4, 0.5) is 14.5 Å². The van der Waals surface area contributed by atoms with E-state index in [0.29, 0.717) is 29.8 Å². The van der Waals surface area contributed by atoms with Crippen molar-refractivity contribution in [2.45, 2.75) is 106 Å². The molecule has 0 bridgehead atoms. The molecule has 2 nitrogen and oxygen atoms in total. The minimum atomic E-state index is -0.677. The fourth-order valence-electron chi connectivity index (χ4n) is 6.69. The van der Waals surface area contributed by atoms with Crippen molar-refractivity contribution in [3.8, 4) is 0 Å². The molecule has 0 unspecified atom stereocenters. The van der Waals surface area contributed by atoms with Gasteiger partial charge in [-0.05, 0) is 121 Å². The van der Waals surface area contributed by atoms with Crippen LogP contribution in [0.5, 0.6) is 0 Å². The topological polar surface area (TPSA) is 29.1 Å². The molecular weight excluding hydrogens is 693 g/mol. The number of fused-ring (bicyclic) bond motifs is 1. The molecule has 2 aliphatic rings. The zero-order valence-electron chi connectivity index (χ0n) is 35.0. The number of hydrogen-bond acceptors (Lipinski definition) is 2. The molecule has 0 aliphatic heterocycles. The highest BCUT2D eigenvalue weighted by Gasteiger charge is 2.52. The van der Waals surface area contributed by atoms with Crippen LogP contribution in [0.25, 0.3) is 29.0 Å². The van der Waals surface area contributed by atoms with Crippen LogP contribution in [-0.2, 0) is 11.2 Å². The monoisotopic (exact) mass is 760 g/mol. The van der Waals surface area contributed by atoms with E-state index in [0.717, 1.165) is 22.6 Å². The van der Waals surface area contributed by atoms with Crippen LogP contribution in [0.2, 0.25) is 0 Å². The Morgan fingerprint density at radius 3 is 2.00 bits per heavy atom. The van der Waals surface area contributed by atoms with E-state index in [9.17, 15) is 13.6 Å². The summed E-state index contributed by atoms with van der Waals surface area (Å²) < 4.78 is 27.0. The van der Waals surface area contributed by atoms with E-state index < -0.39 is 11.2 Å². The number of hydrogen-bond donors (Lipinski definition) is 1. The first-order valence-corrected chi connectivity index (χ1v) is 20.5. The highest BCUT2D eigenvalue weighted by Crippen LogP contribution is 2.53. The van der Waals surface area contributed by atoms with Gasteiger partial charge in [-0.25, -0.2) is 8.78 Å². The predicted molar refractivity (Wildman–Crippen MR) is 244 cm³/mol. The van der Waals surface area contributed by atoms with Crippen molar-refractivity contribution in [2.75, 3.05) is 5.32 Å². The summed E-state index contributed by atoms with van der Waals surface area (Å²) in [4.78, 5) is 12.8. The Labute approximate surface area is 339 Å². The lowest BCUT2D eigenvalue weighted by atomic mass is 9.91. The summed E-state index contributed by atoms with van der Waals surface area (Å²) in [7, 11) is 0. The molecule has 0 atom stereocenters.